The van der Waals surface area contributed by atoms with Gasteiger partial charge in [-0.3, -0.25) is 5.10 Å². The van der Waals surface area contributed by atoms with Gasteiger partial charge in [0.05, 0.1) is 16.3 Å². The lowest BCUT2D eigenvalue weighted by Crippen LogP contribution is -2.40. The van der Waals surface area contributed by atoms with E-state index >= 15 is 0 Å². The van der Waals surface area contributed by atoms with E-state index in [1.54, 1.807) is 11.8 Å². The summed E-state index contributed by atoms with van der Waals surface area (Å²) < 4.78 is 0. The van der Waals surface area contributed by atoms with Crippen LogP contribution in [0.1, 0.15) is 11.4 Å². The number of benzene rings is 1. The first-order chi connectivity index (χ1) is 11.1. The van der Waals surface area contributed by atoms with Gasteiger partial charge < -0.3 is 10.2 Å². The quantitative estimate of drug-likeness (QED) is 0.887. The van der Waals surface area contributed by atoms with E-state index in [0.29, 0.717) is 0 Å². The first-order valence-corrected chi connectivity index (χ1v) is 9.54. The minimum Gasteiger partial charge on any atom is -0.323 e. The molecule has 7 heteroatoms. The summed E-state index contributed by atoms with van der Waals surface area (Å²) in [4.78, 5) is 16.5. The van der Waals surface area contributed by atoms with Crippen LogP contribution < -0.4 is 5.32 Å². The third-order valence-corrected chi connectivity index (χ3v) is 6.02. The van der Waals surface area contributed by atoms with Crippen molar-refractivity contribution in [1.29, 1.82) is 0 Å². The molecule has 0 radical (unpaired) electrons. The highest BCUT2D eigenvalue weighted by Gasteiger charge is 2.18. The number of hydrogen-bond acceptors (Lipinski definition) is 4. The summed E-state index contributed by atoms with van der Waals surface area (Å²) in [5.41, 5.74) is 2.86. The predicted molar refractivity (Wildman–Crippen MR) is 96.5 cm³/mol. The molecule has 0 spiro atoms. The van der Waals surface area contributed by atoms with Crippen molar-refractivity contribution < 1.29 is 4.79 Å². The molecule has 1 aromatic heterocycles. The highest BCUT2D eigenvalue weighted by Crippen LogP contribution is 2.36. The number of nitrogens with zero attached hydrogens (tertiary/aromatic N) is 2. The van der Waals surface area contributed by atoms with Gasteiger partial charge in [0.25, 0.3) is 0 Å². The first kappa shape index (κ1) is 16.3. The van der Waals surface area contributed by atoms with Crippen molar-refractivity contribution in [2.24, 2.45) is 0 Å². The molecule has 1 aliphatic rings. The second kappa shape index (κ2) is 7.31. The van der Waals surface area contributed by atoms with Crippen LogP contribution in [0.5, 0.6) is 0 Å². The van der Waals surface area contributed by atoms with Gasteiger partial charge in [0.1, 0.15) is 0 Å². The van der Waals surface area contributed by atoms with Crippen LogP contribution in [0.3, 0.4) is 0 Å². The Morgan fingerprint density at radius 2 is 2.04 bits per heavy atom. The average molecular weight is 348 g/mol. The standard InChI is InChI=1S/C16H20N4OS2/c1-11-15(12(2)19-18-11)23-14-6-4-3-5-13(14)17-16(21)20-7-9-22-10-8-20/h3-6H,7-10H2,1-2H3,(H,17,21)(H,18,19). The van der Waals surface area contributed by atoms with Gasteiger partial charge in [-0.15, -0.1) is 0 Å². The number of hydrogen-bond donors (Lipinski definition) is 2. The minimum atomic E-state index is -0.0148. The number of thioether (sulfide) groups is 1. The third kappa shape index (κ3) is 3.84. The van der Waals surface area contributed by atoms with Crippen molar-refractivity contribution in [3.63, 3.8) is 0 Å². The number of nitrogens with one attached hydrogen (secondary N) is 2. The second-order valence-corrected chi connectivity index (χ2v) is 7.67. The number of para-hydroxylation sites is 1. The van der Waals surface area contributed by atoms with Gasteiger partial charge in [-0.2, -0.15) is 16.9 Å². The summed E-state index contributed by atoms with van der Waals surface area (Å²) in [5, 5.41) is 10.3. The van der Waals surface area contributed by atoms with Crippen LogP contribution in [-0.4, -0.2) is 45.7 Å². The summed E-state index contributed by atoms with van der Waals surface area (Å²) in [7, 11) is 0. The van der Waals surface area contributed by atoms with E-state index in [4.69, 9.17) is 0 Å². The Hall–Kier alpha value is -1.60. The molecule has 5 nitrogen and oxygen atoms in total. The van der Waals surface area contributed by atoms with Gasteiger partial charge in [-0.1, -0.05) is 23.9 Å². The van der Waals surface area contributed by atoms with Crippen LogP contribution >= 0.6 is 23.5 Å². The smallest absolute Gasteiger partial charge is 0.321 e. The molecule has 0 aliphatic carbocycles. The Kier molecular flexibility index (Phi) is 5.17. The van der Waals surface area contributed by atoms with E-state index in [2.05, 4.69) is 15.5 Å². The molecular formula is C16H20N4OS2. The zero-order valence-electron chi connectivity index (χ0n) is 13.3. The van der Waals surface area contributed by atoms with Crippen LogP contribution in [0.2, 0.25) is 0 Å². The maximum absolute atomic E-state index is 12.4. The molecule has 1 aromatic carbocycles. The van der Waals surface area contributed by atoms with Crippen LogP contribution in [0.15, 0.2) is 34.1 Å². The lowest BCUT2D eigenvalue weighted by atomic mass is 10.3. The van der Waals surface area contributed by atoms with Crippen molar-refractivity contribution in [1.82, 2.24) is 15.1 Å². The molecule has 0 unspecified atom stereocenters. The van der Waals surface area contributed by atoms with Crippen molar-refractivity contribution in [3.05, 3.63) is 35.7 Å². The summed E-state index contributed by atoms with van der Waals surface area (Å²) >= 11 is 3.53. The zero-order chi connectivity index (χ0) is 16.2. The highest BCUT2D eigenvalue weighted by atomic mass is 32.2. The molecule has 2 amide bonds. The van der Waals surface area contributed by atoms with E-state index in [9.17, 15) is 4.79 Å². The zero-order valence-corrected chi connectivity index (χ0v) is 14.9. The number of amides is 2. The molecular weight excluding hydrogens is 328 g/mol. The number of aromatic nitrogens is 2. The number of aromatic amines is 1. The lowest BCUT2D eigenvalue weighted by molar-refractivity contribution is 0.217. The van der Waals surface area contributed by atoms with Gasteiger partial charge in [0, 0.05) is 35.2 Å². The number of carbonyl (C=O) groups is 1. The number of carbonyl (C=O) groups excluding carboxylic acids is 1. The number of rotatable bonds is 3. The molecule has 0 atom stereocenters. The molecule has 1 fully saturated rings. The van der Waals surface area contributed by atoms with E-state index in [1.165, 1.54) is 0 Å². The van der Waals surface area contributed by atoms with E-state index in [0.717, 1.165) is 51.5 Å². The third-order valence-electron chi connectivity index (χ3n) is 3.70. The molecule has 2 heterocycles. The number of aryl methyl sites for hydroxylation is 2. The molecule has 23 heavy (non-hydrogen) atoms. The van der Waals surface area contributed by atoms with Crippen molar-refractivity contribution >= 4 is 35.2 Å². The fourth-order valence-corrected chi connectivity index (χ4v) is 4.31. The van der Waals surface area contributed by atoms with Crippen molar-refractivity contribution in [2.45, 2.75) is 23.6 Å². The van der Waals surface area contributed by atoms with Crippen LogP contribution in [0.25, 0.3) is 0 Å². The maximum Gasteiger partial charge on any atom is 0.321 e. The molecule has 0 bridgehead atoms. The summed E-state index contributed by atoms with van der Waals surface area (Å²) in [6.07, 6.45) is 0. The van der Waals surface area contributed by atoms with Gasteiger partial charge in [-0.05, 0) is 26.0 Å². The first-order valence-electron chi connectivity index (χ1n) is 7.57. The largest absolute Gasteiger partial charge is 0.323 e. The van der Waals surface area contributed by atoms with Gasteiger partial charge in [0.2, 0.25) is 0 Å². The van der Waals surface area contributed by atoms with Crippen LogP contribution in [0, 0.1) is 13.8 Å². The summed E-state index contributed by atoms with van der Waals surface area (Å²) in [6, 6.07) is 7.89. The predicted octanol–water partition coefficient (Wildman–Crippen LogP) is 3.76. The summed E-state index contributed by atoms with van der Waals surface area (Å²) in [6.45, 7) is 5.62. The topological polar surface area (TPSA) is 61.0 Å². The number of anilines is 1. The average Bonchev–Trinajstić information content (AvgIpc) is 2.89. The number of urea groups is 1. The van der Waals surface area contributed by atoms with Crippen LogP contribution in [-0.2, 0) is 0 Å². The molecule has 122 valence electrons. The summed E-state index contributed by atoms with van der Waals surface area (Å²) in [5.74, 6) is 2.02. The van der Waals surface area contributed by atoms with Gasteiger partial charge in [0.15, 0.2) is 0 Å². The molecule has 3 rings (SSSR count). The van der Waals surface area contributed by atoms with E-state index in [1.807, 2.05) is 54.8 Å². The van der Waals surface area contributed by atoms with Crippen LogP contribution in [0.4, 0.5) is 10.5 Å². The fourth-order valence-electron chi connectivity index (χ4n) is 2.42. The highest BCUT2D eigenvalue weighted by molar-refractivity contribution is 7.99. The Balaban J connectivity index is 1.76. The molecule has 1 saturated heterocycles. The molecule has 2 aromatic rings. The molecule has 1 aliphatic heterocycles. The maximum atomic E-state index is 12.4. The van der Waals surface area contributed by atoms with Crippen molar-refractivity contribution in [2.75, 3.05) is 29.9 Å². The Morgan fingerprint density at radius 3 is 2.74 bits per heavy atom. The fraction of sp³-hybridized carbons (Fsp3) is 0.375. The second-order valence-electron chi connectivity index (χ2n) is 5.39. The van der Waals surface area contributed by atoms with E-state index < -0.39 is 0 Å². The lowest BCUT2D eigenvalue weighted by Gasteiger charge is -2.26. The molecule has 0 saturated carbocycles. The normalized spacial score (nSPS) is 14.8. The van der Waals surface area contributed by atoms with Gasteiger partial charge in [-0.25, -0.2) is 4.79 Å². The Labute approximate surface area is 144 Å². The van der Waals surface area contributed by atoms with Gasteiger partial charge >= 0.3 is 6.03 Å². The van der Waals surface area contributed by atoms with E-state index in [-0.39, 0.29) is 6.03 Å². The number of H-pyrrole nitrogens is 1. The van der Waals surface area contributed by atoms with Crippen molar-refractivity contribution in [3.8, 4) is 0 Å². The minimum absolute atomic E-state index is 0.0148. The Bertz CT molecular complexity index is 676. The monoisotopic (exact) mass is 348 g/mol. The molecule has 2 N–H and O–H groups in total. The SMILES string of the molecule is Cc1n[nH]c(C)c1Sc1ccccc1NC(=O)N1CCSCC1. The Morgan fingerprint density at radius 1 is 1.30 bits per heavy atom.